The summed E-state index contributed by atoms with van der Waals surface area (Å²) < 4.78 is 22.3. The summed E-state index contributed by atoms with van der Waals surface area (Å²) in [5.41, 5.74) is 5.29. The summed E-state index contributed by atoms with van der Waals surface area (Å²) in [5, 5.41) is 0. The maximum absolute atomic E-state index is 13.6. The largest absolute Gasteiger partial charge is 0.497 e. The molecule has 2 heterocycles. The first-order valence-electron chi connectivity index (χ1n) is 13.8. The van der Waals surface area contributed by atoms with Crippen LogP contribution in [0.3, 0.4) is 0 Å². The lowest BCUT2D eigenvalue weighted by atomic mass is 9.68. The Hall–Kier alpha value is -3.45. The van der Waals surface area contributed by atoms with Crippen LogP contribution in [0.4, 0.5) is 0 Å². The van der Waals surface area contributed by atoms with Crippen LogP contribution in [0.2, 0.25) is 0 Å². The molecule has 2 fully saturated rings. The number of carbonyl (C=O) groups excluding carboxylic acids is 1. The molecule has 39 heavy (non-hydrogen) atoms. The number of methoxy groups -OCH3 is 4. The summed E-state index contributed by atoms with van der Waals surface area (Å²) in [7, 11) is 6.71. The van der Waals surface area contributed by atoms with Gasteiger partial charge in [0.1, 0.15) is 23.0 Å². The van der Waals surface area contributed by atoms with Gasteiger partial charge in [-0.3, -0.25) is 9.69 Å². The third-order valence-electron chi connectivity index (χ3n) is 8.76. The van der Waals surface area contributed by atoms with Crippen LogP contribution in [0.1, 0.15) is 42.9 Å². The van der Waals surface area contributed by atoms with E-state index >= 15 is 0 Å². The normalized spacial score (nSPS) is 20.6. The van der Waals surface area contributed by atoms with Crippen LogP contribution in [0, 0.1) is 5.92 Å². The number of piperidine rings is 2. The SMILES string of the molecule is C=C1C=C2C(CC(=O)N(CC)C23CCN(Cc2cc(OC)cc(OC)c2)CC3)Cc2cc(OC)cc(OC)c21. The summed E-state index contributed by atoms with van der Waals surface area (Å²) in [6.07, 6.45) is 5.33. The monoisotopic (exact) mass is 532 g/mol. The summed E-state index contributed by atoms with van der Waals surface area (Å²) >= 11 is 0. The molecule has 2 aliphatic heterocycles. The molecule has 2 saturated heterocycles. The number of ether oxygens (including phenoxy) is 4. The molecule has 1 atom stereocenters. The van der Waals surface area contributed by atoms with Gasteiger partial charge in [-0.2, -0.15) is 0 Å². The van der Waals surface area contributed by atoms with E-state index in [9.17, 15) is 4.79 Å². The molecule has 0 bridgehead atoms. The van der Waals surface area contributed by atoms with E-state index in [1.54, 1.807) is 28.4 Å². The molecule has 1 aliphatic carbocycles. The van der Waals surface area contributed by atoms with Crippen molar-refractivity contribution in [2.75, 3.05) is 48.1 Å². The minimum absolute atomic E-state index is 0.129. The molecule has 3 aliphatic rings. The Kier molecular flexibility index (Phi) is 7.63. The van der Waals surface area contributed by atoms with E-state index < -0.39 is 0 Å². The van der Waals surface area contributed by atoms with Crippen LogP contribution < -0.4 is 18.9 Å². The van der Waals surface area contributed by atoms with E-state index in [2.05, 4.69) is 47.6 Å². The number of carbonyl (C=O) groups is 1. The van der Waals surface area contributed by atoms with E-state index in [0.29, 0.717) is 13.0 Å². The Morgan fingerprint density at radius 2 is 1.54 bits per heavy atom. The number of hydrogen-bond acceptors (Lipinski definition) is 6. The molecule has 0 saturated carbocycles. The summed E-state index contributed by atoms with van der Waals surface area (Å²) in [5.74, 6) is 3.49. The van der Waals surface area contributed by atoms with Crippen LogP contribution in [-0.4, -0.2) is 69.3 Å². The van der Waals surface area contributed by atoms with Gasteiger partial charge < -0.3 is 23.8 Å². The molecule has 0 N–H and O–H groups in total. The Morgan fingerprint density at radius 1 is 0.897 bits per heavy atom. The molecular weight excluding hydrogens is 492 g/mol. The molecule has 5 rings (SSSR count). The van der Waals surface area contributed by atoms with Crippen molar-refractivity contribution in [1.82, 2.24) is 9.80 Å². The number of nitrogens with zero attached hydrogens (tertiary/aromatic N) is 2. The molecule has 1 amide bonds. The minimum atomic E-state index is -0.306. The predicted octanol–water partition coefficient (Wildman–Crippen LogP) is 5.12. The van der Waals surface area contributed by atoms with Gasteiger partial charge in [0.2, 0.25) is 5.91 Å². The fourth-order valence-electron chi connectivity index (χ4n) is 6.95. The van der Waals surface area contributed by atoms with Crippen molar-refractivity contribution in [1.29, 1.82) is 0 Å². The maximum Gasteiger partial charge on any atom is 0.223 e. The Bertz CT molecular complexity index is 1270. The summed E-state index contributed by atoms with van der Waals surface area (Å²) in [6, 6.07) is 10.0. The average Bonchev–Trinajstić information content (AvgIpc) is 3.09. The zero-order valence-electron chi connectivity index (χ0n) is 23.8. The molecule has 2 aromatic rings. The first-order chi connectivity index (χ1) is 18.8. The summed E-state index contributed by atoms with van der Waals surface area (Å²) in [4.78, 5) is 18.2. The van der Waals surface area contributed by atoms with Crippen molar-refractivity contribution in [2.45, 2.75) is 44.7 Å². The molecule has 0 radical (unpaired) electrons. The van der Waals surface area contributed by atoms with Gasteiger partial charge in [-0.25, -0.2) is 0 Å². The molecule has 1 spiro atoms. The van der Waals surface area contributed by atoms with E-state index in [1.165, 1.54) is 5.57 Å². The zero-order valence-corrected chi connectivity index (χ0v) is 23.8. The highest BCUT2D eigenvalue weighted by Crippen LogP contribution is 2.50. The smallest absolute Gasteiger partial charge is 0.223 e. The Labute approximate surface area is 232 Å². The van der Waals surface area contributed by atoms with E-state index in [4.69, 9.17) is 18.9 Å². The predicted molar refractivity (Wildman–Crippen MR) is 153 cm³/mol. The number of rotatable bonds is 7. The van der Waals surface area contributed by atoms with E-state index in [0.717, 1.165) is 84.2 Å². The van der Waals surface area contributed by atoms with Gasteiger partial charge in [-0.15, -0.1) is 0 Å². The highest BCUT2D eigenvalue weighted by molar-refractivity contribution is 5.85. The van der Waals surface area contributed by atoms with Crippen LogP contribution in [0.5, 0.6) is 23.0 Å². The number of benzene rings is 2. The molecule has 2 aromatic carbocycles. The number of fused-ring (bicyclic) bond motifs is 3. The Balaban J connectivity index is 1.46. The van der Waals surface area contributed by atoms with Crippen molar-refractivity contribution < 1.29 is 23.7 Å². The fourth-order valence-corrected chi connectivity index (χ4v) is 6.95. The van der Waals surface area contributed by atoms with Crippen LogP contribution in [0.15, 0.2) is 48.6 Å². The standard InChI is InChI=1S/C32H40N2O5/c1-7-34-30(35)17-23-15-24-16-27(38-5)19-29(39-6)31(24)21(2)12-28(23)32(34)8-10-33(11-9-32)20-22-13-25(36-3)18-26(14-22)37-4/h12-14,16,18-19,23H,2,7-11,15,17,20H2,1,3-6H3. The fraction of sp³-hybridized carbons (Fsp3) is 0.469. The van der Waals surface area contributed by atoms with Gasteiger partial charge in [0.15, 0.2) is 0 Å². The zero-order chi connectivity index (χ0) is 27.7. The lowest BCUT2D eigenvalue weighted by Crippen LogP contribution is -2.62. The van der Waals surface area contributed by atoms with Crippen molar-refractivity contribution in [3.05, 3.63) is 65.3 Å². The molecule has 7 nitrogen and oxygen atoms in total. The van der Waals surface area contributed by atoms with Crippen LogP contribution >= 0.6 is 0 Å². The van der Waals surface area contributed by atoms with Gasteiger partial charge in [0, 0.05) is 50.3 Å². The van der Waals surface area contributed by atoms with Gasteiger partial charge in [-0.05, 0) is 72.6 Å². The third-order valence-corrected chi connectivity index (χ3v) is 8.76. The first-order valence-corrected chi connectivity index (χ1v) is 13.8. The van der Waals surface area contributed by atoms with Gasteiger partial charge in [0.05, 0.1) is 34.0 Å². The molecule has 0 aromatic heterocycles. The van der Waals surface area contributed by atoms with Gasteiger partial charge in [-0.1, -0.05) is 12.7 Å². The molecule has 208 valence electrons. The van der Waals surface area contributed by atoms with Crippen molar-refractivity contribution >= 4 is 11.5 Å². The quantitative estimate of drug-likeness (QED) is 0.493. The van der Waals surface area contributed by atoms with E-state index in [1.807, 2.05) is 12.1 Å². The van der Waals surface area contributed by atoms with Crippen molar-refractivity contribution in [3.8, 4) is 23.0 Å². The Morgan fingerprint density at radius 3 is 2.13 bits per heavy atom. The highest BCUT2D eigenvalue weighted by atomic mass is 16.5. The number of allylic oxidation sites excluding steroid dienone is 2. The van der Waals surface area contributed by atoms with Gasteiger partial charge >= 0.3 is 0 Å². The lowest BCUT2D eigenvalue weighted by molar-refractivity contribution is -0.142. The number of likely N-dealkylation sites (tertiary alicyclic amines) is 2. The topological polar surface area (TPSA) is 60.5 Å². The van der Waals surface area contributed by atoms with E-state index in [-0.39, 0.29) is 17.4 Å². The van der Waals surface area contributed by atoms with Crippen LogP contribution in [0.25, 0.3) is 5.57 Å². The highest BCUT2D eigenvalue weighted by Gasteiger charge is 2.51. The second kappa shape index (κ2) is 11.0. The van der Waals surface area contributed by atoms with Crippen LogP contribution in [-0.2, 0) is 17.8 Å². The summed E-state index contributed by atoms with van der Waals surface area (Å²) in [6.45, 7) is 9.88. The van der Waals surface area contributed by atoms with Crippen molar-refractivity contribution in [3.63, 3.8) is 0 Å². The maximum atomic E-state index is 13.6. The number of likely N-dealkylation sites (N-methyl/N-ethyl adjacent to an activating group) is 1. The van der Waals surface area contributed by atoms with Gasteiger partial charge in [0.25, 0.3) is 0 Å². The molecular formula is C32H40N2O5. The minimum Gasteiger partial charge on any atom is -0.497 e. The average molecular weight is 533 g/mol. The number of hydrogen-bond donors (Lipinski definition) is 0. The first kappa shape index (κ1) is 27.1. The number of amides is 1. The van der Waals surface area contributed by atoms with Crippen molar-refractivity contribution in [2.24, 2.45) is 5.92 Å². The third kappa shape index (κ3) is 4.89. The molecule has 1 unspecified atom stereocenters. The lowest BCUT2D eigenvalue weighted by Gasteiger charge is -2.54. The second-order valence-corrected chi connectivity index (χ2v) is 10.8. The second-order valence-electron chi connectivity index (χ2n) is 10.8. The molecule has 7 heteroatoms.